The third-order valence-corrected chi connectivity index (χ3v) is 4.25. The van der Waals surface area contributed by atoms with Crippen LogP contribution >= 0.6 is 35.6 Å². The van der Waals surface area contributed by atoms with Crippen molar-refractivity contribution in [1.82, 2.24) is 4.90 Å². The summed E-state index contributed by atoms with van der Waals surface area (Å²) in [4.78, 5) is 14.3. The Bertz CT molecular complexity index is 464. The Labute approximate surface area is 141 Å². The molecule has 0 spiro atoms. The van der Waals surface area contributed by atoms with Crippen LogP contribution in [0.2, 0.25) is 10.0 Å². The molecule has 1 aliphatic rings. The lowest BCUT2D eigenvalue weighted by Gasteiger charge is -2.22. The van der Waals surface area contributed by atoms with Crippen LogP contribution in [0.5, 0.6) is 0 Å². The molecule has 0 saturated carbocycles. The zero-order valence-electron chi connectivity index (χ0n) is 11.6. The fourth-order valence-corrected chi connectivity index (χ4v) is 3.01. The molecule has 1 unspecified atom stereocenters. The number of likely N-dealkylation sites (tertiary alicyclic amines) is 1. The van der Waals surface area contributed by atoms with Gasteiger partial charge in [-0.15, -0.1) is 12.4 Å². The molecule has 1 amide bonds. The van der Waals surface area contributed by atoms with E-state index in [9.17, 15) is 4.79 Å². The Morgan fingerprint density at radius 3 is 2.67 bits per heavy atom. The van der Waals surface area contributed by atoms with E-state index < -0.39 is 0 Å². The molecule has 118 valence electrons. The summed E-state index contributed by atoms with van der Waals surface area (Å²) in [6, 6.07) is 5.56. The number of nitrogens with zero attached hydrogens (tertiary/aromatic N) is 1. The maximum absolute atomic E-state index is 12.0. The van der Waals surface area contributed by atoms with Crippen molar-refractivity contribution in [3.8, 4) is 0 Å². The maximum Gasteiger partial charge on any atom is 0.225 e. The topological polar surface area (TPSA) is 58.4 Å². The Hall–Kier alpha value is -0.520. The first-order valence-corrected chi connectivity index (χ1v) is 7.55. The van der Waals surface area contributed by atoms with Crippen molar-refractivity contribution >= 4 is 47.2 Å². The zero-order valence-corrected chi connectivity index (χ0v) is 14.0. The van der Waals surface area contributed by atoms with Gasteiger partial charge in [-0.25, -0.2) is 0 Å². The summed E-state index contributed by atoms with van der Waals surface area (Å²) in [7, 11) is 0. The van der Waals surface area contributed by atoms with Crippen molar-refractivity contribution in [2.24, 2.45) is 5.73 Å². The molecular weight excluding hydrogens is 333 g/mol. The van der Waals surface area contributed by atoms with Gasteiger partial charge in [0, 0.05) is 25.6 Å². The molecule has 4 nitrogen and oxygen atoms in total. The van der Waals surface area contributed by atoms with E-state index in [1.807, 2.05) is 0 Å². The number of nitrogens with two attached hydrogens (primary N) is 1. The minimum absolute atomic E-state index is 0. The van der Waals surface area contributed by atoms with Gasteiger partial charge in [0.05, 0.1) is 15.7 Å². The molecule has 1 atom stereocenters. The Morgan fingerprint density at radius 1 is 1.38 bits per heavy atom. The third-order valence-electron chi connectivity index (χ3n) is 3.62. The number of anilines is 1. The summed E-state index contributed by atoms with van der Waals surface area (Å²) >= 11 is 12.0. The van der Waals surface area contributed by atoms with E-state index in [0.717, 1.165) is 25.9 Å². The molecule has 0 aromatic heterocycles. The van der Waals surface area contributed by atoms with E-state index in [-0.39, 0.29) is 18.3 Å². The SMILES string of the molecule is Cl.NCC1CCCN1CCC(=O)Nc1c(Cl)cccc1Cl. The number of carbonyl (C=O) groups excluding carboxylic acids is 1. The molecule has 0 bridgehead atoms. The van der Waals surface area contributed by atoms with Crippen LogP contribution < -0.4 is 11.1 Å². The van der Waals surface area contributed by atoms with Gasteiger partial charge in [0.25, 0.3) is 0 Å². The lowest BCUT2D eigenvalue weighted by Crippen LogP contribution is -2.37. The van der Waals surface area contributed by atoms with Crippen LogP contribution in [-0.4, -0.2) is 36.5 Å². The van der Waals surface area contributed by atoms with Gasteiger partial charge in [0.15, 0.2) is 0 Å². The monoisotopic (exact) mass is 351 g/mol. The van der Waals surface area contributed by atoms with Gasteiger partial charge in [-0.05, 0) is 31.5 Å². The summed E-state index contributed by atoms with van der Waals surface area (Å²) in [5.41, 5.74) is 6.20. The molecular formula is C14H20Cl3N3O. The molecule has 2 rings (SSSR count). The Morgan fingerprint density at radius 2 is 2.05 bits per heavy atom. The normalized spacial score (nSPS) is 18.3. The van der Waals surface area contributed by atoms with Gasteiger partial charge in [0.1, 0.15) is 0 Å². The fraction of sp³-hybridized carbons (Fsp3) is 0.500. The number of hydrogen-bond acceptors (Lipinski definition) is 3. The molecule has 3 N–H and O–H groups in total. The quantitative estimate of drug-likeness (QED) is 0.855. The number of rotatable bonds is 5. The first kappa shape index (κ1) is 18.5. The van der Waals surface area contributed by atoms with Crippen molar-refractivity contribution in [2.75, 3.05) is 25.0 Å². The van der Waals surface area contributed by atoms with E-state index in [1.54, 1.807) is 18.2 Å². The summed E-state index contributed by atoms with van der Waals surface area (Å²) in [5.74, 6) is -0.0809. The van der Waals surface area contributed by atoms with E-state index in [0.29, 0.717) is 34.7 Å². The predicted molar refractivity (Wildman–Crippen MR) is 90.6 cm³/mol. The average molecular weight is 353 g/mol. The van der Waals surface area contributed by atoms with Crippen LogP contribution in [0.15, 0.2) is 18.2 Å². The van der Waals surface area contributed by atoms with E-state index in [1.165, 1.54) is 0 Å². The molecule has 1 fully saturated rings. The third kappa shape index (κ3) is 5.01. The number of benzene rings is 1. The highest BCUT2D eigenvalue weighted by Crippen LogP contribution is 2.29. The Kier molecular flexibility index (Phi) is 7.77. The van der Waals surface area contributed by atoms with Crippen molar-refractivity contribution in [3.05, 3.63) is 28.2 Å². The van der Waals surface area contributed by atoms with Crippen molar-refractivity contribution in [2.45, 2.75) is 25.3 Å². The van der Waals surface area contributed by atoms with Gasteiger partial charge in [-0.3, -0.25) is 9.69 Å². The number of nitrogens with one attached hydrogen (secondary N) is 1. The summed E-state index contributed by atoms with van der Waals surface area (Å²) in [5, 5.41) is 3.68. The molecule has 21 heavy (non-hydrogen) atoms. The first-order valence-electron chi connectivity index (χ1n) is 6.80. The molecule has 0 aliphatic carbocycles. The van der Waals surface area contributed by atoms with E-state index in [4.69, 9.17) is 28.9 Å². The first-order chi connectivity index (χ1) is 9.61. The molecule has 0 radical (unpaired) electrons. The lowest BCUT2D eigenvalue weighted by atomic mass is 10.2. The summed E-state index contributed by atoms with van der Waals surface area (Å²) in [6.07, 6.45) is 2.69. The lowest BCUT2D eigenvalue weighted by molar-refractivity contribution is -0.116. The van der Waals surface area contributed by atoms with Crippen LogP contribution in [0.1, 0.15) is 19.3 Å². The van der Waals surface area contributed by atoms with Crippen LogP contribution in [-0.2, 0) is 4.79 Å². The Balaban J connectivity index is 0.00000220. The molecule has 7 heteroatoms. The molecule has 1 aromatic carbocycles. The summed E-state index contributed by atoms with van der Waals surface area (Å²) in [6.45, 7) is 2.38. The fourth-order valence-electron chi connectivity index (χ4n) is 2.52. The van der Waals surface area contributed by atoms with Crippen molar-refractivity contribution < 1.29 is 4.79 Å². The molecule has 1 heterocycles. The van der Waals surface area contributed by atoms with Crippen LogP contribution in [0.25, 0.3) is 0 Å². The predicted octanol–water partition coefficient (Wildman–Crippen LogP) is 3.17. The van der Waals surface area contributed by atoms with Gasteiger partial charge in [-0.1, -0.05) is 29.3 Å². The average Bonchev–Trinajstić information content (AvgIpc) is 2.88. The standard InChI is InChI=1S/C14H19Cl2N3O.ClH/c15-11-4-1-5-12(16)14(11)18-13(20)6-8-19-7-2-3-10(19)9-17;/h1,4-5,10H,2-3,6-9,17H2,(H,18,20);1H. The maximum atomic E-state index is 12.0. The van der Waals surface area contributed by atoms with Gasteiger partial charge in [0.2, 0.25) is 5.91 Å². The molecule has 1 aromatic rings. The van der Waals surface area contributed by atoms with Crippen LogP contribution in [0.3, 0.4) is 0 Å². The second-order valence-electron chi connectivity index (χ2n) is 4.96. The molecule has 1 saturated heterocycles. The number of amides is 1. The minimum Gasteiger partial charge on any atom is -0.329 e. The van der Waals surface area contributed by atoms with Crippen LogP contribution in [0.4, 0.5) is 5.69 Å². The van der Waals surface area contributed by atoms with E-state index >= 15 is 0 Å². The van der Waals surface area contributed by atoms with Gasteiger partial charge in [-0.2, -0.15) is 0 Å². The highest BCUT2D eigenvalue weighted by Gasteiger charge is 2.23. The zero-order chi connectivity index (χ0) is 14.5. The van der Waals surface area contributed by atoms with E-state index in [2.05, 4.69) is 10.2 Å². The highest BCUT2D eigenvalue weighted by atomic mass is 35.5. The number of carbonyl (C=O) groups is 1. The highest BCUT2D eigenvalue weighted by molar-refractivity contribution is 6.39. The molecule has 1 aliphatic heterocycles. The minimum atomic E-state index is -0.0809. The van der Waals surface area contributed by atoms with Crippen molar-refractivity contribution in [1.29, 1.82) is 0 Å². The summed E-state index contributed by atoms with van der Waals surface area (Å²) < 4.78 is 0. The van der Waals surface area contributed by atoms with Crippen molar-refractivity contribution in [3.63, 3.8) is 0 Å². The number of halogens is 3. The van der Waals surface area contributed by atoms with Crippen LogP contribution in [0, 0.1) is 0 Å². The van der Waals surface area contributed by atoms with Gasteiger partial charge >= 0.3 is 0 Å². The number of para-hydroxylation sites is 1. The van der Waals surface area contributed by atoms with Gasteiger partial charge < -0.3 is 11.1 Å². The second kappa shape index (κ2) is 8.81. The number of hydrogen-bond donors (Lipinski definition) is 2. The largest absolute Gasteiger partial charge is 0.329 e. The second-order valence-corrected chi connectivity index (χ2v) is 5.78. The smallest absolute Gasteiger partial charge is 0.225 e.